The molecular weight excluding hydrogens is 512 g/mol. The number of rotatable bonds is 2. The van der Waals surface area contributed by atoms with Crippen LogP contribution in [0.15, 0.2) is 40.8 Å². The molecule has 0 spiro atoms. The summed E-state index contributed by atoms with van der Waals surface area (Å²) in [4.78, 5) is 0. The van der Waals surface area contributed by atoms with Crippen LogP contribution < -0.4 is 0 Å². The van der Waals surface area contributed by atoms with E-state index in [-0.39, 0.29) is 0 Å². The van der Waals surface area contributed by atoms with Crippen LogP contribution in [0.3, 0.4) is 0 Å². The fourth-order valence-electron chi connectivity index (χ4n) is 4.68. The number of aliphatic hydroxyl groups excluding tert-OH is 8. The summed E-state index contributed by atoms with van der Waals surface area (Å²) in [5.41, 5.74) is 2.28. The number of hydrogen-bond acceptors (Lipinski definition) is 11. The third kappa shape index (κ3) is 5.26. The molecule has 10 atom stereocenters. The number of furan rings is 1. The van der Waals surface area contributed by atoms with E-state index in [9.17, 15) is 40.9 Å². The van der Waals surface area contributed by atoms with Gasteiger partial charge in [-0.3, -0.25) is 0 Å². The predicted molar refractivity (Wildman–Crippen MR) is 135 cm³/mol. The van der Waals surface area contributed by atoms with Crippen molar-refractivity contribution in [3.8, 4) is 23.7 Å². The molecule has 11 heteroatoms. The van der Waals surface area contributed by atoms with E-state index in [1.807, 2.05) is 0 Å². The summed E-state index contributed by atoms with van der Waals surface area (Å²) in [6.45, 7) is -1.09. The van der Waals surface area contributed by atoms with Crippen LogP contribution in [0.25, 0.3) is 21.9 Å². The lowest BCUT2D eigenvalue weighted by Gasteiger charge is -2.37. The maximum atomic E-state index is 10.2. The highest BCUT2D eigenvalue weighted by Gasteiger charge is 2.43. The molecule has 1 aromatic heterocycles. The molecule has 2 saturated heterocycles. The van der Waals surface area contributed by atoms with E-state index >= 15 is 0 Å². The van der Waals surface area contributed by atoms with Crippen molar-refractivity contribution >= 4 is 21.9 Å². The number of ether oxygens (including phenoxy) is 2. The van der Waals surface area contributed by atoms with Crippen molar-refractivity contribution in [3.63, 3.8) is 0 Å². The van der Waals surface area contributed by atoms with Crippen LogP contribution in [-0.2, 0) is 9.47 Å². The van der Waals surface area contributed by atoms with Crippen molar-refractivity contribution in [1.29, 1.82) is 0 Å². The molecule has 2 aromatic carbocycles. The van der Waals surface area contributed by atoms with Gasteiger partial charge >= 0.3 is 0 Å². The first-order valence-corrected chi connectivity index (χ1v) is 12.3. The van der Waals surface area contributed by atoms with Crippen LogP contribution >= 0.6 is 0 Å². The van der Waals surface area contributed by atoms with Crippen LogP contribution in [0.1, 0.15) is 11.1 Å². The second kappa shape index (κ2) is 11.2. The Bertz CT molecular complexity index is 1350. The average molecular weight is 541 g/mol. The first-order valence-electron chi connectivity index (χ1n) is 12.3. The smallest absolute Gasteiger partial charge is 0.147 e. The maximum Gasteiger partial charge on any atom is 0.147 e. The highest BCUT2D eigenvalue weighted by atomic mass is 16.5. The molecule has 0 bridgehead atoms. The zero-order valence-corrected chi connectivity index (χ0v) is 20.5. The lowest BCUT2D eigenvalue weighted by molar-refractivity contribution is -0.214. The molecule has 0 saturated carbocycles. The third-order valence-corrected chi connectivity index (χ3v) is 6.97. The molecule has 206 valence electrons. The molecule has 8 N–H and O–H groups in total. The number of fused-ring (bicyclic) bond motifs is 3. The zero-order chi connectivity index (χ0) is 27.8. The minimum absolute atomic E-state index is 0.544. The second-order valence-corrected chi connectivity index (χ2v) is 9.56. The molecule has 2 fully saturated rings. The van der Waals surface area contributed by atoms with E-state index < -0.39 is 74.3 Å². The van der Waals surface area contributed by atoms with Gasteiger partial charge in [-0.1, -0.05) is 23.7 Å². The van der Waals surface area contributed by atoms with Gasteiger partial charge in [0.05, 0.1) is 13.2 Å². The molecule has 0 radical (unpaired) electrons. The van der Waals surface area contributed by atoms with Gasteiger partial charge < -0.3 is 54.7 Å². The molecule has 10 unspecified atom stereocenters. The van der Waals surface area contributed by atoms with Gasteiger partial charge in [0.1, 0.15) is 72.2 Å². The van der Waals surface area contributed by atoms with Gasteiger partial charge in [0, 0.05) is 21.9 Å². The standard InChI is InChI=1S/C28H28O11/c29-11-21-25(33)27(35)23(31)19(38-21)7-3-13-1-5-17-15(9-13)16-10-14(2-6-18(16)37-17)4-8-20-24(32)28(36)26(34)22(12-30)39-20/h1-2,5-6,9-10,19-36H,11-12H2. The zero-order valence-electron chi connectivity index (χ0n) is 20.5. The first-order chi connectivity index (χ1) is 18.7. The Hall–Kier alpha value is -3.04. The molecule has 5 rings (SSSR count). The Morgan fingerprint density at radius 1 is 0.564 bits per heavy atom. The summed E-state index contributed by atoms with van der Waals surface area (Å²) in [6.07, 6.45) is -13.2. The Labute approximate surface area is 222 Å². The van der Waals surface area contributed by atoms with Gasteiger partial charge in [0.2, 0.25) is 0 Å². The summed E-state index contributed by atoms with van der Waals surface area (Å²) in [5, 5.41) is 80.4. The normalized spacial score (nSPS) is 34.8. The van der Waals surface area contributed by atoms with Gasteiger partial charge in [0.25, 0.3) is 0 Å². The minimum atomic E-state index is -1.52. The van der Waals surface area contributed by atoms with Gasteiger partial charge in [-0.05, 0) is 36.4 Å². The quantitative estimate of drug-likeness (QED) is 0.167. The first kappa shape index (κ1) is 27.5. The Balaban J connectivity index is 1.42. The average Bonchev–Trinajstić information content (AvgIpc) is 3.31. The van der Waals surface area contributed by atoms with Gasteiger partial charge in [-0.2, -0.15) is 0 Å². The third-order valence-electron chi connectivity index (χ3n) is 6.97. The van der Waals surface area contributed by atoms with Gasteiger partial charge in [-0.15, -0.1) is 0 Å². The molecular formula is C28H28O11. The van der Waals surface area contributed by atoms with Crippen LogP contribution in [-0.4, -0.2) is 115 Å². The largest absolute Gasteiger partial charge is 0.456 e. The van der Waals surface area contributed by atoms with Crippen molar-refractivity contribution in [2.45, 2.75) is 61.0 Å². The minimum Gasteiger partial charge on any atom is -0.456 e. The predicted octanol–water partition coefficient (Wildman–Crippen LogP) is -2.03. The van der Waals surface area contributed by atoms with E-state index in [2.05, 4.69) is 23.7 Å². The molecule has 3 aromatic rings. The number of aliphatic hydroxyl groups is 8. The number of hydrogen-bond donors (Lipinski definition) is 8. The van der Waals surface area contributed by atoms with Crippen LogP contribution in [0.2, 0.25) is 0 Å². The molecule has 0 amide bonds. The van der Waals surface area contributed by atoms with E-state index in [4.69, 9.17) is 13.9 Å². The Kier molecular flexibility index (Phi) is 7.91. The molecule has 0 aliphatic carbocycles. The second-order valence-electron chi connectivity index (χ2n) is 9.56. The molecule has 2 aliphatic rings. The molecule has 11 nitrogen and oxygen atoms in total. The van der Waals surface area contributed by atoms with Crippen molar-refractivity contribution in [2.24, 2.45) is 0 Å². The lowest BCUT2D eigenvalue weighted by Crippen LogP contribution is -2.58. The SMILES string of the molecule is OCC1OC(C#Cc2ccc3oc4ccc(C#CC5OC(CO)C(O)C(O)C5O)cc4c3c2)C(O)C(O)C1O. The van der Waals surface area contributed by atoms with Gasteiger partial charge in [-0.25, -0.2) is 0 Å². The summed E-state index contributed by atoms with van der Waals surface area (Å²) in [6, 6.07) is 10.4. The molecule has 39 heavy (non-hydrogen) atoms. The monoisotopic (exact) mass is 540 g/mol. The highest BCUT2D eigenvalue weighted by Crippen LogP contribution is 2.30. The van der Waals surface area contributed by atoms with E-state index in [1.54, 1.807) is 36.4 Å². The topological polar surface area (TPSA) is 193 Å². The highest BCUT2D eigenvalue weighted by molar-refractivity contribution is 6.05. The van der Waals surface area contributed by atoms with E-state index in [0.29, 0.717) is 22.3 Å². The molecule has 3 heterocycles. The van der Waals surface area contributed by atoms with Crippen molar-refractivity contribution in [2.75, 3.05) is 13.2 Å². The van der Waals surface area contributed by atoms with Crippen LogP contribution in [0.4, 0.5) is 0 Å². The van der Waals surface area contributed by atoms with Gasteiger partial charge in [0.15, 0.2) is 0 Å². The summed E-state index contributed by atoms with van der Waals surface area (Å²) in [7, 11) is 0. The fraction of sp³-hybridized carbons (Fsp3) is 0.429. The molecule has 2 aliphatic heterocycles. The van der Waals surface area contributed by atoms with Crippen LogP contribution in [0.5, 0.6) is 0 Å². The summed E-state index contributed by atoms with van der Waals surface area (Å²) >= 11 is 0. The van der Waals surface area contributed by atoms with Crippen molar-refractivity contribution < 1.29 is 54.7 Å². The van der Waals surface area contributed by atoms with Crippen LogP contribution in [0, 0.1) is 23.7 Å². The summed E-state index contributed by atoms with van der Waals surface area (Å²) < 4.78 is 16.8. The van der Waals surface area contributed by atoms with Crippen molar-refractivity contribution in [1.82, 2.24) is 0 Å². The maximum absolute atomic E-state index is 10.2. The Morgan fingerprint density at radius 2 is 0.974 bits per heavy atom. The fourth-order valence-corrected chi connectivity index (χ4v) is 4.68. The lowest BCUT2D eigenvalue weighted by atomic mass is 9.95. The summed E-state index contributed by atoms with van der Waals surface area (Å²) in [5.74, 6) is 11.3. The van der Waals surface area contributed by atoms with Crippen molar-refractivity contribution in [3.05, 3.63) is 47.5 Å². The Morgan fingerprint density at radius 3 is 1.36 bits per heavy atom. The van der Waals surface area contributed by atoms with E-state index in [1.165, 1.54) is 0 Å². The van der Waals surface area contributed by atoms with E-state index in [0.717, 1.165) is 10.8 Å². The number of benzene rings is 2.